The lowest BCUT2D eigenvalue weighted by Gasteiger charge is -2.36. The summed E-state index contributed by atoms with van der Waals surface area (Å²) in [6, 6.07) is 17.4. The summed E-state index contributed by atoms with van der Waals surface area (Å²) in [5.74, 6) is 1.73. The minimum absolute atomic E-state index is 0.0714. The summed E-state index contributed by atoms with van der Waals surface area (Å²) in [4.78, 5) is 15.8. The van der Waals surface area contributed by atoms with Crippen molar-refractivity contribution >= 4 is 5.91 Å². The van der Waals surface area contributed by atoms with Gasteiger partial charge < -0.3 is 10.1 Å². The lowest BCUT2D eigenvalue weighted by atomic mass is 9.74. The molecule has 4 unspecified atom stereocenters. The van der Waals surface area contributed by atoms with Gasteiger partial charge in [-0.05, 0) is 79.5 Å². The third-order valence-electron chi connectivity index (χ3n) is 8.54. The first-order valence-corrected chi connectivity index (χ1v) is 13.4. The molecular weight excluding hydrogens is 450 g/mol. The van der Waals surface area contributed by atoms with Gasteiger partial charge in [-0.1, -0.05) is 24.3 Å². The van der Waals surface area contributed by atoms with Crippen molar-refractivity contribution in [2.75, 3.05) is 19.7 Å². The quantitative estimate of drug-likeness (QED) is 0.603. The van der Waals surface area contributed by atoms with Crippen molar-refractivity contribution in [3.8, 4) is 11.8 Å². The molecule has 2 aromatic rings. The van der Waals surface area contributed by atoms with Crippen molar-refractivity contribution in [3.63, 3.8) is 0 Å². The van der Waals surface area contributed by atoms with Crippen molar-refractivity contribution in [2.24, 2.45) is 11.8 Å². The maximum atomic E-state index is 13.4. The van der Waals surface area contributed by atoms with E-state index in [9.17, 15) is 4.79 Å². The fourth-order valence-electron chi connectivity index (χ4n) is 6.60. The van der Waals surface area contributed by atoms with E-state index >= 15 is 0 Å². The van der Waals surface area contributed by atoms with Crippen LogP contribution in [0.5, 0.6) is 5.75 Å². The smallest absolute Gasteiger partial charge is 0.223 e. The van der Waals surface area contributed by atoms with Gasteiger partial charge in [0.15, 0.2) is 0 Å². The predicted octanol–water partition coefficient (Wildman–Crippen LogP) is 3.21. The molecule has 1 saturated carbocycles. The molecule has 3 fully saturated rings. The summed E-state index contributed by atoms with van der Waals surface area (Å²) in [5, 5.41) is 12.4. The zero-order valence-electron chi connectivity index (χ0n) is 20.7. The van der Waals surface area contributed by atoms with Gasteiger partial charge in [0.05, 0.1) is 24.3 Å². The summed E-state index contributed by atoms with van der Waals surface area (Å²) in [7, 11) is 0. The van der Waals surface area contributed by atoms with Crippen LogP contribution in [-0.4, -0.2) is 42.6 Å². The number of ether oxygens (including phenoxy) is 1. The van der Waals surface area contributed by atoms with Crippen LogP contribution in [0.15, 0.2) is 42.5 Å². The highest BCUT2D eigenvalue weighted by Gasteiger charge is 2.43. The molecule has 5 atom stereocenters. The van der Waals surface area contributed by atoms with Crippen LogP contribution in [0.4, 0.5) is 0 Å². The number of amides is 1. The first kappa shape index (κ1) is 23.5. The van der Waals surface area contributed by atoms with Crippen LogP contribution >= 0.6 is 0 Å². The van der Waals surface area contributed by atoms with Crippen LogP contribution in [0.25, 0.3) is 0 Å². The van der Waals surface area contributed by atoms with E-state index in [0.717, 1.165) is 70.5 Å². The Bertz CT molecular complexity index is 1140. The van der Waals surface area contributed by atoms with Gasteiger partial charge in [-0.3, -0.25) is 15.1 Å². The molecule has 2 saturated heterocycles. The predicted molar refractivity (Wildman–Crippen MR) is 137 cm³/mol. The molecule has 3 N–H and O–H groups in total. The Hall–Kier alpha value is -2.92. The molecule has 0 radical (unpaired) electrons. The van der Waals surface area contributed by atoms with Gasteiger partial charge in [-0.15, -0.1) is 0 Å². The summed E-state index contributed by atoms with van der Waals surface area (Å²) in [6.45, 7) is 3.56. The summed E-state index contributed by atoms with van der Waals surface area (Å²) < 4.78 is 5.69. The van der Waals surface area contributed by atoms with Crippen molar-refractivity contribution in [1.82, 2.24) is 21.1 Å². The molecule has 3 heterocycles. The highest BCUT2D eigenvalue weighted by molar-refractivity contribution is 5.79. The van der Waals surface area contributed by atoms with Gasteiger partial charge in [0.2, 0.25) is 5.91 Å². The number of piperidine rings is 1. The Morgan fingerprint density at radius 3 is 2.89 bits per heavy atom. The third-order valence-corrected chi connectivity index (χ3v) is 8.54. The normalized spacial score (nSPS) is 29.6. The second kappa shape index (κ2) is 10.2. The number of benzene rings is 2. The van der Waals surface area contributed by atoms with E-state index in [4.69, 9.17) is 10.00 Å². The minimum Gasteiger partial charge on any atom is -0.493 e. The standard InChI is InChI=1S/C29H35N5O2/c30-16-19-3-5-20(6-4-19)17-34-12-1-2-24(18-34)31-29(35)23-7-9-26-25(15-23)28(33-32-26)22-8-10-27-21(14-22)11-13-36-27/h3-6,8,10,14,23-26,28,32-33H,1-2,7,9,11-13,15,17-18H2,(H,31,35)/t23?,24-,25?,26?,28?/m1/s1. The zero-order chi connectivity index (χ0) is 24.5. The first-order chi connectivity index (χ1) is 17.7. The SMILES string of the molecule is N#Cc1ccc(CN2CCC[C@@H](NC(=O)C3CCC4NNC(c5ccc6c(c5)CCO6)C4C3)C2)cc1. The van der Waals surface area contributed by atoms with Crippen molar-refractivity contribution in [2.45, 2.75) is 63.2 Å². The first-order valence-electron chi connectivity index (χ1n) is 13.4. The molecule has 4 aliphatic rings. The summed E-state index contributed by atoms with van der Waals surface area (Å²) in [5.41, 5.74) is 11.5. The van der Waals surface area contributed by atoms with E-state index in [1.165, 1.54) is 16.7 Å². The van der Waals surface area contributed by atoms with E-state index in [1.54, 1.807) is 0 Å². The molecule has 3 aliphatic heterocycles. The lowest BCUT2D eigenvalue weighted by molar-refractivity contribution is -0.127. The van der Waals surface area contributed by atoms with Gasteiger partial charge in [0.25, 0.3) is 0 Å². The van der Waals surface area contributed by atoms with Gasteiger partial charge in [-0.2, -0.15) is 5.26 Å². The molecule has 1 amide bonds. The molecule has 1 aliphatic carbocycles. The van der Waals surface area contributed by atoms with Gasteiger partial charge >= 0.3 is 0 Å². The molecule has 0 spiro atoms. The molecule has 0 aromatic heterocycles. The topological polar surface area (TPSA) is 89.4 Å². The van der Waals surface area contributed by atoms with Crippen LogP contribution in [-0.2, 0) is 17.8 Å². The Balaban J connectivity index is 1.05. The lowest BCUT2D eigenvalue weighted by Crippen LogP contribution is -2.50. The molecule has 7 heteroatoms. The minimum atomic E-state index is 0.0714. The number of nitriles is 1. The number of hydrazine groups is 1. The van der Waals surface area contributed by atoms with Crippen molar-refractivity contribution in [1.29, 1.82) is 5.26 Å². The average Bonchev–Trinajstić information content (AvgIpc) is 3.55. The maximum Gasteiger partial charge on any atom is 0.223 e. The van der Waals surface area contributed by atoms with E-state index in [1.807, 2.05) is 24.3 Å². The van der Waals surface area contributed by atoms with Crippen molar-refractivity contribution in [3.05, 3.63) is 64.7 Å². The highest BCUT2D eigenvalue weighted by atomic mass is 16.5. The number of hydrogen-bond acceptors (Lipinski definition) is 6. The van der Waals surface area contributed by atoms with E-state index in [0.29, 0.717) is 17.5 Å². The third kappa shape index (κ3) is 4.86. The molecular formula is C29H35N5O2. The Labute approximate surface area is 213 Å². The Kier molecular flexibility index (Phi) is 6.66. The number of nitrogens with one attached hydrogen (secondary N) is 3. The monoisotopic (exact) mass is 485 g/mol. The number of rotatable bonds is 5. The summed E-state index contributed by atoms with van der Waals surface area (Å²) >= 11 is 0. The van der Waals surface area contributed by atoms with Crippen molar-refractivity contribution < 1.29 is 9.53 Å². The van der Waals surface area contributed by atoms with Gasteiger partial charge in [0, 0.05) is 37.5 Å². The molecule has 0 bridgehead atoms. The van der Waals surface area contributed by atoms with Crippen LogP contribution in [0.3, 0.4) is 0 Å². The van der Waals surface area contributed by atoms with E-state index in [-0.39, 0.29) is 23.9 Å². The molecule has 2 aromatic carbocycles. The van der Waals surface area contributed by atoms with Crippen LogP contribution in [0, 0.1) is 23.2 Å². The molecule has 36 heavy (non-hydrogen) atoms. The van der Waals surface area contributed by atoms with Crippen LogP contribution in [0.1, 0.15) is 60.4 Å². The van der Waals surface area contributed by atoms with Crippen LogP contribution < -0.4 is 20.9 Å². The fourth-order valence-corrected chi connectivity index (χ4v) is 6.60. The number of hydrogen-bond donors (Lipinski definition) is 3. The Morgan fingerprint density at radius 2 is 2.03 bits per heavy atom. The van der Waals surface area contributed by atoms with Gasteiger partial charge in [-0.25, -0.2) is 5.43 Å². The number of fused-ring (bicyclic) bond motifs is 2. The molecule has 6 rings (SSSR count). The Morgan fingerprint density at radius 1 is 1.14 bits per heavy atom. The number of carbonyl (C=O) groups is 1. The second-order valence-corrected chi connectivity index (χ2v) is 10.9. The molecule has 188 valence electrons. The maximum absolute atomic E-state index is 13.4. The van der Waals surface area contributed by atoms with E-state index in [2.05, 4.69) is 45.3 Å². The fraction of sp³-hybridized carbons (Fsp3) is 0.517. The largest absolute Gasteiger partial charge is 0.493 e. The zero-order valence-corrected chi connectivity index (χ0v) is 20.7. The highest BCUT2D eigenvalue weighted by Crippen LogP contribution is 2.41. The number of carbonyl (C=O) groups excluding carboxylic acids is 1. The number of likely N-dealkylation sites (tertiary alicyclic amines) is 1. The summed E-state index contributed by atoms with van der Waals surface area (Å²) in [6.07, 6.45) is 5.98. The van der Waals surface area contributed by atoms with E-state index < -0.39 is 0 Å². The average molecular weight is 486 g/mol. The van der Waals surface area contributed by atoms with Gasteiger partial charge in [0.1, 0.15) is 5.75 Å². The number of nitrogens with zero attached hydrogens (tertiary/aromatic N) is 2. The van der Waals surface area contributed by atoms with Crippen LogP contribution in [0.2, 0.25) is 0 Å². The molecule has 7 nitrogen and oxygen atoms in total. The second-order valence-electron chi connectivity index (χ2n) is 10.9.